The van der Waals surface area contributed by atoms with E-state index in [-0.39, 0.29) is 12.4 Å². The van der Waals surface area contributed by atoms with Crippen LogP contribution in [0, 0.1) is 5.82 Å². The number of hydrogen-bond donors (Lipinski definition) is 1. The smallest absolute Gasteiger partial charge is 0.127 e. The summed E-state index contributed by atoms with van der Waals surface area (Å²) in [7, 11) is 0. The lowest BCUT2D eigenvalue weighted by Gasteiger charge is -2.42. The molecular weight excluding hydrogens is 253 g/mol. The van der Waals surface area contributed by atoms with Crippen molar-refractivity contribution < 1.29 is 4.39 Å². The fourth-order valence-corrected chi connectivity index (χ4v) is 3.59. The predicted octanol–water partition coefficient (Wildman–Crippen LogP) is 1.95. The van der Waals surface area contributed by atoms with Crippen molar-refractivity contribution in [3.63, 3.8) is 0 Å². The highest BCUT2D eigenvalue weighted by Gasteiger charge is 2.34. The fraction of sp³-hybridized carbons (Fsp3) is 0.625. The molecule has 2 N–H and O–H groups in total. The summed E-state index contributed by atoms with van der Waals surface area (Å²) >= 11 is 0. The van der Waals surface area contributed by atoms with E-state index in [2.05, 4.69) is 16.7 Å². The van der Waals surface area contributed by atoms with Gasteiger partial charge in [-0.2, -0.15) is 0 Å². The van der Waals surface area contributed by atoms with Crippen LogP contribution in [0.5, 0.6) is 0 Å². The van der Waals surface area contributed by atoms with Crippen molar-refractivity contribution in [2.75, 3.05) is 19.6 Å². The van der Waals surface area contributed by atoms with Gasteiger partial charge in [0.2, 0.25) is 0 Å². The number of hydrogen-bond acceptors (Lipinski definition) is 3. The molecule has 20 heavy (non-hydrogen) atoms. The molecule has 0 aromatic heterocycles. The van der Waals surface area contributed by atoms with Gasteiger partial charge in [0.25, 0.3) is 0 Å². The van der Waals surface area contributed by atoms with Crippen LogP contribution in [0.1, 0.15) is 30.9 Å². The largest absolute Gasteiger partial charge is 0.326 e. The second-order valence-electron chi connectivity index (χ2n) is 6.20. The topological polar surface area (TPSA) is 32.5 Å². The van der Waals surface area contributed by atoms with Crippen LogP contribution in [-0.4, -0.2) is 41.5 Å². The van der Waals surface area contributed by atoms with Gasteiger partial charge in [0.15, 0.2) is 0 Å². The third-order valence-electron chi connectivity index (χ3n) is 4.78. The number of nitrogens with two attached hydrogens (primary N) is 1. The van der Waals surface area contributed by atoms with Crippen molar-refractivity contribution in [2.45, 2.75) is 44.9 Å². The zero-order chi connectivity index (χ0) is 14.1. The maximum Gasteiger partial charge on any atom is 0.127 e. The minimum Gasteiger partial charge on any atom is -0.326 e. The van der Waals surface area contributed by atoms with Gasteiger partial charge in [-0.15, -0.1) is 0 Å². The van der Waals surface area contributed by atoms with Crippen molar-refractivity contribution in [1.82, 2.24) is 9.80 Å². The van der Waals surface area contributed by atoms with E-state index in [0.717, 1.165) is 25.7 Å². The molecule has 4 heteroatoms. The van der Waals surface area contributed by atoms with E-state index in [1.54, 1.807) is 6.07 Å². The highest BCUT2D eigenvalue weighted by Crippen LogP contribution is 2.26. The molecule has 0 bridgehead atoms. The molecule has 0 saturated carbocycles. The summed E-state index contributed by atoms with van der Waals surface area (Å²) in [5.41, 5.74) is 7.38. The van der Waals surface area contributed by atoms with Gasteiger partial charge in [-0.05, 0) is 37.9 Å². The van der Waals surface area contributed by atoms with Gasteiger partial charge in [0.05, 0.1) is 0 Å². The molecule has 0 radical (unpaired) electrons. The summed E-state index contributed by atoms with van der Waals surface area (Å²) in [5.74, 6) is -0.190. The number of piperazine rings is 1. The summed E-state index contributed by atoms with van der Waals surface area (Å²) in [6, 6.07) is 6.65. The molecule has 3 nitrogen and oxygen atoms in total. The van der Waals surface area contributed by atoms with Crippen LogP contribution in [0.15, 0.2) is 18.2 Å². The van der Waals surface area contributed by atoms with Crippen molar-refractivity contribution in [1.29, 1.82) is 0 Å². The Morgan fingerprint density at radius 2 is 2.20 bits per heavy atom. The Bertz CT molecular complexity index is 477. The van der Waals surface area contributed by atoms with Crippen molar-refractivity contribution in [2.24, 2.45) is 5.73 Å². The lowest BCUT2D eigenvalue weighted by atomic mass is 10.1. The summed E-state index contributed by atoms with van der Waals surface area (Å²) in [5, 5.41) is 0. The maximum atomic E-state index is 13.5. The molecule has 2 aliphatic rings. The van der Waals surface area contributed by atoms with Crippen molar-refractivity contribution in [3.8, 4) is 0 Å². The molecule has 1 aromatic carbocycles. The standard InChI is InChI=1S/C16H24FN3/c1-12-9-19-6-2-3-15(19)11-20(12)10-13-4-5-16(17)14(7-13)8-18/h4-5,7,12,15H,2-3,6,8-11,18H2,1H3. The Kier molecular flexibility index (Phi) is 4.06. The van der Waals surface area contributed by atoms with Crippen molar-refractivity contribution in [3.05, 3.63) is 35.1 Å². The van der Waals surface area contributed by atoms with E-state index in [0.29, 0.717) is 11.6 Å². The first kappa shape index (κ1) is 14.0. The minimum atomic E-state index is -0.190. The number of nitrogens with zero attached hydrogens (tertiary/aromatic N) is 2. The van der Waals surface area contributed by atoms with E-state index in [1.165, 1.54) is 24.9 Å². The lowest BCUT2D eigenvalue weighted by Crippen LogP contribution is -2.54. The van der Waals surface area contributed by atoms with Gasteiger partial charge in [-0.1, -0.05) is 12.1 Å². The Labute approximate surface area is 120 Å². The van der Waals surface area contributed by atoms with E-state index >= 15 is 0 Å². The van der Waals surface area contributed by atoms with Gasteiger partial charge in [0, 0.05) is 43.8 Å². The molecule has 0 amide bonds. The predicted molar refractivity (Wildman–Crippen MR) is 78.8 cm³/mol. The highest BCUT2D eigenvalue weighted by atomic mass is 19.1. The summed E-state index contributed by atoms with van der Waals surface area (Å²) in [4.78, 5) is 5.15. The fourth-order valence-electron chi connectivity index (χ4n) is 3.59. The molecule has 0 aliphatic carbocycles. The Morgan fingerprint density at radius 1 is 1.35 bits per heavy atom. The molecule has 2 heterocycles. The molecule has 2 unspecified atom stereocenters. The summed E-state index contributed by atoms with van der Waals surface area (Å²) in [6.45, 7) is 7.02. The Morgan fingerprint density at radius 3 is 3.00 bits per heavy atom. The molecule has 2 aliphatic heterocycles. The zero-order valence-electron chi connectivity index (χ0n) is 12.2. The summed E-state index contributed by atoms with van der Waals surface area (Å²) in [6.07, 6.45) is 2.65. The minimum absolute atomic E-state index is 0.190. The van der Waals surface area contributed by atoms with Crippen LogP contribution >= 0.6 is 0 Å². The number of rotatable bonds is 3. The van der Waals surface area contributed by atoms with Crippen LogP contribution < -0.4 is 5.73 Å². The zero-order valence-corrected chi connectivity index (χ0v) is 12.2. The molecule has 1 aromatic rings. The van der Waals surface area contributed by atoms with Crippen LogP contribution in [0.3, 0.4) is 0 Å². The number of halogens is 1. The number of benzene rings is 1. The Balaban J connectivity index is 1.70. The highest BCUT2D eigenvalue weighted by molar-refractivity contribution is 5.25. The second-order valence-corrected chi connectivity index (χ2v) is 6.20. The molecule has 2 fully saturated rings. The third kappa shape index (κ3) is 2.73. The molecule has 0 spiro atoms. The summed E-state index contributed by atoms with van der Waals surface area (Å²) < 4.78 is 13.5. The molecule has 2 saturated heterocycles. The average molecular weight is 277 g/mol. The Hall–Kier alpha value is -0.970. The quantitative estimate of drug-likeness (QED) is 0.916. The first-order valence-electron chi connectivity index (χ1n) is 7.63. The average Bonchev–Trinajstić information content (AvgIpc) is 2.88. The number of fused-ring (bicyclic) bond motifs is 1. The molecular formula is C16H24FN3. The van der Waals surface area contributed by atoms with E-state index in [1.807, 2.05) is 12.1 Å². The maximum absolute atomic E-state index is 13.5. The van der Waals surface area contributed by atoms with Crippen LogP contribution in [-0.2, 0) is 13.1 Å². The molecule has 110 valence electrons. The van der Waals surface area contributed by atoms with Crippen LogP contribution in [0.25, 0.3) is 0 Å². The van der Waals surface area contributed by atoms with Crippen LogP contribution in [0.4, 0.5) is 4.39 Å². The van der Waals surface area contributed by atoms with E-state index in [9.17, 15) is 4.39 Å². The van der Waals surface area contributed by atoms with Crippen molar-refractivity contribution >= 4 is 0 Å². The van der Waals surface area contributed by atoms with Gasteiger partial charge in [-0.3, -0.25) is 9.80 Å². The first-order chi connectivity index (χ1) is 9.67. The van der Waals surface area contributed by atoms with Gasteiger partial charge >= 0.3 is 0 Å². The SMILES string of the molecule is CC1CN2CCCC2CN1Cc1ccc(F)c(CN)c1. The first-order valence-corrected chi connectivity index (χ1v) is 7.63. The van der Waals surface area contributed by atoms with Gasteiger partial charge in [0.1, 0.15) is 5.82 Å². The monoisotopic (exact) mass is 277 g/mol. The lowest BCUT2D eigenvalue weighted by molar-refractivity contribution is 0.0540. The second kappa shape index (κ2) is 5.80. The van der Waals surface area contributed by atoms with E-state index in [4.69, 9.17) is 5.73 Å². The molecule has 2 atom stereocenters. The third-order valence-corrected chi connectivity index (χ3v) is 4.78. The van der Waals surface area contributed by atoms with Gasteiger partial charge < -0.3 is 5.73 Å². The van der Waals surface area contributed by atoms with Gasteiger partial charge in [-0.25, -0.2) is 4.39 Å². The van der Waals surface area contributed by atoms with E-state index < -0.39 is 0 Å². The normalized spacial score (nSPS) is 27.8. The molecule has 3 rings (SSSR count). The van der Waals surface area contributed by atoms with Crippen LogP contribution in [0.2, 0.25) is 0 Å².